The van der Waals surface area contributed by atoms with Crippen molar-refractivity contribution < 1.29 is 0 Å². The highest BCUT2D eigenvalue weighted by atomic mass is 15.0. The molecule has 0 unspecified atom stereocenters. The van der Waals surface area contributed by atoms with E-state index in [-0.39, 0.29) is 0 Å². The van der Waals surface area contributed by atoms with E-state index in [2.05, 4.69) is 50.4 Å². The minimum Gasteiger partial charge on any atom is -0.394 e. The van der Waals surface area contributed by atoms with Crippen molar-refractivity contribution in [3.05, 3.63) is 23.4 Å². The first-order chi connectivity index (χ1) is 6.56. The summed E-state index contributed by atoms with van der Waals surface area (Å²) in [6, 6.07) is 0. The first-order valence-corrected chi connectivity index (χ1v) is 5.19. The molecular weight excluding hydrogens is 172 g/mol. The standard InChI is InChI=1S/C12H24N2/c1-11(8-9-14(4)5)6-7-12(2)10-13-3/h6,10,13H,7-9H2,1-5H3/b11-6-,12-10-. The van der Waals surface area contributed by atoms with Crippen LogP contribution in [0, 0.1) is 0 Å². The fraction of sp³-hybridized carbons (Fsp3) is 0.667. The zero-order valence-corrected chi connectivity index (χ0v) is 10.2. The molecule has 2 nitrogen and oxygen atoms in total. The third-order valence-electron chi connectivity index (χ3n) is 2.12. The van der Waals surface area contributed by atoms with Crippen molar-refractivity contribution >= 4 is 0 Å². The molecule has 0 rings (SSSR count). The molecule has 0 fully saturated rings. The van der Waals surface area contributed by atoms with Crippen molar-refractivity contribution in [2.45, 2.75) is 26.7 Å². The van der Waals surface area contributed by atoms with Crippen molar-refractivity contribution in [3.63, 3.8) is 0 Å². The van der Waals surface area contributed by atoms with E-state index in [4.69, 9.17) is 0 Å². The Morgan fingerprint density at radius 3 is 2.36 bits per heavy atom. The van der Waals surface area contributed by atoms with E-state index in [1.807, 2.05) is 7.05 Å². The molecule has 0 spiro atoms. The average molecular weight is 196 g/mol. The molecule has 0 aliphatic rings. The summed E-state index contributed by atoms with van der Waals surface area (Å²) >= 11 is 0. The highest BCUT2D eigenvalue weighted by molar-refractivity contribution is 5.08. The Labute approximate surface area is 88.7 Å². The minimum absolute atomic E-state index is 1.06. The number of nitrogens with one attached hydrogen (secondary N) is 1. The zero-order valence-electron chi connectivity index (χ0n) is 10.2. The predicted molar refractivity (Wildman–Crippen MR) is 64.4 cm³/mol. The number of allylic oxidation sites excluding steroid dienone is 2. The summed E-state index contributed by atoms with van der Waals surface area (Å²) in [6.45, 7) is 5.49. The molecule has 0 aromatic rings. The van der Waals surface area contributed by atoms with Crippen molar-refractivity contribution in [1.29, 1.82) is 0 Å². The third-order valence-corrected chi connectivity index (χ3v) is 2.12. The van der Waals surface area contributed by atoms with Crippen LogP contribution < -0.4 is 5.32 Å². The molecule has 0 aliphatic heterocycles. The molecule has 0 aromatic carbocycles. The number of hydrogen-bond donors (Lipinski definition) is 1. The van der Waals surface area contributed by atoms with Gasteiger partial charge in [0.25, 0.3) is 0 Å². The van der Waals surface area contributed by atoms with Gasteiger partial charge in [-0.15, -0.1) is 0 Å². The highest BCUT2D eigenvalue weighted by Gasteiger charge is 1.93. The van der Waals surface area contributed by atoms with E-state index in [1.165, 1.54) is 17.6 Å². The van der Waals surface area contributed by atoms with Gasteiger partial charge in [0.15, 0.2) is 0 Å². The second-order valence-electron chi connectivity index (χ2n) is 4.09. The largest absolute Gasteiger partial charge is 0.394 e. The van der Waals surface area contributed by atoms with Crippen LogP contribution in [-0.4, -0.2) is 32.6 Å². The summed E-state index contributed by atoms with van der Waals surface area (Å²) in [7, 11) is 6.16. The van der Waals surface area contributed by atoms with E-state index in [1.54, 1.807) is 0 Å². The maximum atomic E-state index is 3.04. The molecule has 14 heavy (non-hydrogen) atoms. The van der Waals surface area contributed by atoms with E-state index >= 15 is 0 Å². The molecule has 2 heteroatoms. The Bertz CT molecular complexity index is 202. The summed E-state index contributed by atoms with van der Waals surface area (Å²) in [5.74, 6) is 0. The van der Waals surface area contributed by atoms with Crippen LogP contribution in [0.25, 0.3) is 0 Å². The van der Waals surface area contributed by atoms with Crippen LogP contribution in [0.2, 0.25) is 0 Å². The van der Waals surface area contributed by atoms with E-state index in [9.17, 15) is 0 Å². The van der Waals surface area contributed by atoms with Crippen LogP contribution in [0.4, 0.5) is 0 Å². The normalized spacial score (nSPS) is 13.6. The van der Waals surface area contributed by atoms with E-state index < -0.39 is 0 Å². The Morgan fingerprint density at radius 2 is 1.86 bits per heavy atom. The SMILES string of the molecule is CN/C=C(/C)C/C=C(/C)CCN(C)C. The molecule has 0 heterocycles. The van der Waals surface area contributed by atoms with Gasteiger partial charge in [-0.1, -0.05) is 17.2 Å². The Morgan fingerprint density at radius 1 is 1.21 bits per heavy atom. The lowest BCUT2D eigenvalue weighted by molar-refractivity contribution is 0.413. The molecule has 1 N–H and O–H groups in total. The van der Waals surface area contributed by atoms with Gasteiger partial charge in [0.05, 0.1) is 0 Å². The fourth-order valence-corrected chi connectivity index (χ4v) is 1.14. The van der Waals surface area contributed by atoms with Gasteiger partial charge in [-0.05, 0) is 47.0 Å². The van der Waals surface area contributed by atoms with E-state index in [0.717, 1.165) is 13.0 Å². The van der Waals surface area contributed by atoms with Gasteiger partial charge < -0.3 is 10.2 Å². The Hall–Kier alpha value is -0.760. The predicted octanol–water partition coefficient (Wildman–Crippen LogP) is 2.40. The van der Waals surface area contributed by atoms with Gasteiger partial charge in [-0.2, -0.15) is 0 Å². The molecule has 0 saturated carbocycles. The van der Waals surface area contributed by atoms with Crippen LogP contribution in [-0.2, 0) is 0 Å². The smallest absolute Gasteiger partial charge is 0.00276 e. The maximum absolute atomic E-state index is 3.04. The van der Waals surface area contributed by atoms with Crippen LogP contribution >= 0.6 is 0 Å². The molecular formula is C12H24N2. The van der Waals surface area contributed by atoms with Gasteiger partial charge >= 0.3 is 0 Å². The van der Waals surface area contributed by atoms with Crippen LogP contribution in [0.5, 0.6) is 0 Å². The van der Waals surface area contributed by atoms with Gasteiger partial charge in [-0.3, -0.25) is 0 Å². The van der Waals surface area contributed by atoms with Crippen LogP contribution in [0.1, 0.15) is 26.7 Å². The molecule has 0 aromatic heterocycles. The second-order valence-corrected chi connectivity index (χ2v) is 4.09. The van der Waals surface area contributed by atoms with Gasteiger partial charge in [0.2, 0.25) is 0 Å². The quantitative estimate of drug-likeness (QED) is 0.656. The summed E-state index contributed by atoms with van der Waals surface area (Å²) < 4.78 is 0. The van der Waals surface area contributed by atoms with Crippen molar-refractivity contribution in [3.8, 4) is 0 Å². The topological polar surface area (TPSA) is 15.3 Å². The fourth-order valence-electron chi connectivity index (χ4n) is 1.14. The summed E-state index contributed by atoms with van der Waals surface area (Å²) in [5, 5.41) is 3.04. The van der Waals surface area contributed by atoms with Gasteiger partial charge in [0.1, 0.15) is 0 Å². The lowest BCUT2D eigenvalue weighted by atomic mass is 10.1. The molecule has 0 bridgehead atoms. The Balaban J connectivity index is 3.82. The monoisotopic (exact) mass is 196 g/mol. The van der Waals surface area contributed by atoms with Crippen molar-refractivity contribution in [1.82, 2.24) is 10.2 Å². The average Bonchev–Trinajstić information content (AvgIpc) is 2.12. The van der Waals surface area contributed by atoms with Gasteiger partial charge in [0, 0.05) is 13.6 Å². The lowest BCUT2D eigenvalue weighted by Gasteiger charge is -2.09. The molecule has 82 valence electrons. The van der Waals surface area contributed by atoms with E-state index in [0.29, 0.717) is 0 Å². The highest BCUT2D eigenvalue weighted by Crippen LogP contribution is 2.06. The molecule has 0 atom stereocenters. The summed E-state index contributed by atoms with van der Waals surface area (Å²) in [5.41, 5.74) is 2.85. The number of rotatable bonds is 6. The summed E-state index contributed by atoms with van der Waals surface area (Å²) in [4.78, 5) is 2.22. The second kappa shape index (κ2) is 7.63. The summed E-state index contributed by atoms with van der Waals surface area (Å²) in [6.07, 6.45) is 6.59. The zero-order chi connectivity index (χ0) is 11.0. The first-order valence-electron chi connectivity index (χ1n) is 5.19. The van der Waals surface area contributed by atoms with Crippen LogP contribution in [0.15, 0.2) is 23.4 Å². The number of hydrogen-bond acceptors (Lipinski definition) is 2. The maximum Gasteiger partial charge on any atom is 0.00276 e. The first kappa shape index (κ1) is 13.2. The van der Waals surface area contributed by atoms with Crippen LogP contribution in [0.3, 0.4) is 0 Å². The van der Waals surface area contributed by atoms with Gasteiger partial charge in [-0.25, -0.2) is 0 Å². The Kier molecular flexibility index (Phi) is 7.21. The minimum atomic E-state index is 1.06. The van der Waals surface area contributed by atoms with Crippen molar-refractivity contribution in [2.24, 2.45) is 0 Å². The lowest BCUT2D eigenvalue weighted by Crippen LogP contribution is -2.12. The van der Waals surface area contributed by atoms with Crippen molar-refractivity contribution in [2.75, 3.05) is 27.7 Å². The molecule has 0 aliphatic carbocycles. The molecule has 0 radical (unpaired) electrons. The molecule has 0 amide bonds. The number of nitrogens with zero attached hydrogens (tertiary/aromatic N) is 1. The molecule has 0 saturated heterocycles. The third kappa shape index (κ3) is 7.87.